The number of carbonyl (C=O) groups is 1. The number of para-hydroxylation sites is 1. The quantitative estimate of drug-likeness (QED) is 0.348. The Morgan fingerprint density at radius 3 is 2.68 bits per heavy atom. The molecular weight excluding hydrogens is 438 g/mol. The summed E-state index contributed by atoms with van der Waals surface area (Å²) in [6.07, 6.45) is 2.25. The Labute approximate surface area is 197 Å². The molecule has 1 aliphatic rings. The van der Waals surface area contributed by atoms with Crippen LogP contribution in [-0.2, 0) is 17.8 Å². The standard InChI is InChI=1S/C27H28F2N2O3/c28-14-24(30)23-6-3-5-22(27(23)29)20-10-18(11-21(12-20)31-15-17-8-9-17)16-34-25-7-2-1-4-19(25)13-26(32)33/h1-7,10-12,17,24,31H,8-9,13-16,30H2,(H,32,33)/t24-/m1/s1. The van der Waals surface area contributed by atoms with Gasteiger partial charge < -0.3 is 20.9 Å². The molecule has 3 aromatic rings. The normalized spacial score (nSPS) is 14.0. The van der Waals surface area contributed by atoms with Crippen LogP contribution in [0, 0.1) is 11.7 Å². The number of carboxylic acid groups (broad SMARTS) is 1. The summed E-state index contributed by atoms with van der Waals surface area (Å²) in [4.78, 5) is 11.2. The molecular formula is C27H28F2N2O3. The highest BCUT2D eigenvalue weighted by atomic mass is 19.1. The maximum Gasteiger partial charge on any atom is 0.307 e. The van der Waals surface area contributed by atoms with Gasteiger partial charge in [-0.25, -0.2) is 8.78 Å². The molecule has 1 saturated carbocycles. The van der Waals surface area contributed by atoms with Gasteiger partial charge >= 0.3 is 5.97 Å². The van der Waals surface area contributed by atoms with E-state index in [0.717, 1.165) is 17.8 Å². The zero-order valence-corrected chi connectivity index (χ0v) is 18.8. The van der Waals surface area contributed by atoms with Gasteiger partial charge in [0.1, 0.15) is 24.8 Å². The lowest BCUT2D eigenvalue weighted by Gasteiger charge is -2.16. The van der Waals surface area contributed by atoms with Crippen LogP contribution in [0.15, 0.2) is 60.7 Å². The first-order chi connectivity index (χ1) is 16.4. The van der Waals surface area contributed by atoms with E-state index in [0.29, 0.717) is 28.4 Å². The van der Waals surface area contributed by atoms with E-state index in [1.54, 1.807) is 36.4 Å². The molecule has 1 fully saturated rings. The van der Waals surface area contributed by atoms with E-state index in [4.69, 9.17) is 15.6 Å². The number of carboxylic acids is 1. The van der Waals surface area contributed by atoms with E-state index >= 15 is 4.39 Å². The summed E-state index contributed by atoms with van der Waals surface area (Å²) in [5.41, 5.74) is 9.07. The summed E-state index contributed by atoms with van der Waals surface area (Å²) >= 11 is 0. The fraction of sp³-hybridized carbons (Fsp3) is 0.296. The number of benzene rings is 3. The molecule has 0 spiro atoms. The van der Waals surface area contributed by atoms with Crippen LogP contribution in [0.5, 0.6) is 5.75 Å². The van der Waals surface area contributed by atoms with E-state index in [1.165, 1.54) is 18.9 Å². The molecule has 0 unspecified atom stereocenters. The average molecular weight is 467 g/mol. The third kappa shape index (κ3) is 5.91. The van der Waals surface area contributed by atoms with Crippen molar-refractivity contribution in [1.82, 2.24) is 0 Å². The minimum atomic E-state index is -1.02. The van der Waals surface area contributed by atoms with Gasteiger partial charge in [0.05, 0.1) is 12.5 Å². The first kappa shape index (κ1) is 23.7. The summed E-state index contributed by atoms with van der Waals surface area (Å²) in [7, 11) is 0. The van der Waals surface area contributed by atoms with Gasteiger partial charge in [-0.15, -0.1) is 0 Å². The van der Waals surface area contributed by atoms with Crippen molar-refractivity contribution in [2.45, 2.75) is 31.9 Å². The molecule has 0 aliphatic heterocycles. The van der Waals surface area contributed by atoms with Crippen LogP contribution in [0.1, 0.15) is 35.6 Å². The van der Waals surface area contributed by atoms with Gasteiger partial charge in [-0.1, -0.05) is 36.4 Å². The molecule has 0 radical (unpaired) electrons. The second-order valence-corrected chi connectivity index (χ2v) is 8.68. The molecule has 178 valence electrons. The number of hydrogen-bond donors (Lipinski definition) is 3. The molecule has 4 rings (SSSR count). The topological polar surface area (TPSA) is 84.6 Å². The number of halogens is 2. The lowest BCUT2D eigenvalue weighted by molar-refractivity contribution is -0.136. The van der Waals surface area contributed by atoms with Crippen molar-refractivity contribution in [3.63, 3.8) is 0 Å². The number of rotatable bonds is 11. The molecule has 0 saturated heterocycles. The zero-order chi connectivity index (χ0) is 24.1. The number of nitrogens with two attached hydrogens (primary N) is 1. The second kappa shape index (κ2) is 10.7. The van der Waals surface area contributed by atoms with Gasteiger partial charge in [0.15, 0.2) is 0 Å². The molecule has 4 N–H and O–H groups in total. The summed E-state index contributed by atoms with van der Waals surface area (Å²) in [5, 5.41) is 12.6. The van der Waals surface area contributed by atoms with Crippen molar-refractivity contribution in [2.24, 2.45) is 11.7 Å². The molecule has 5 nitrogen and oxygen atoms in total. The van der Waals surface area contributed by atoms with Gasteiger partial charge in [-0.3, -0.25) is 4.79 Å². The van der Waals surface area contributed by atoms with Crippen LogP contribution in [0.25, 0.3) is 11.1 Å². The third-order valence-electron chi connectivity index (χ3n) is 5.90. The minimum Gasteiger partial charge on any atom is -0.489 e. The Kier molecular flexibility index (Phi) is 7.43. The summed E-state index contributed by atoms with van der Waals surface area (Å²) in [6.45, 7) is 0.159. The van der Waals surface area contributed by atoms with Gasteiger partial charge in [0, 0.05) is 28.9 Å². The molecule has 3 aromatic carbocycles. The van der Waals surface area contributed by atoms with Crippen molar-refractivity contribution < 1.29 is 23.4 Å². The van der Waals surface area contributed by atoms with E-state index in [-0.39, 0.29) is 18.6 Å². The molecule has 1 atom stereocenters. The number of alkyl halides is 1. The largest absolute Gasteiger partial charge is 0.489 e. The summed E-state index contributed by atoms with van der Waals surface area (Å²) in [6, 6.07) is 16.4. The fourth-order valence-electron chi connectivity index (χ4n) is 3.87. The lowest BCUT2D eigenvalue weighted by atomic mass is 9.97. The maximum atomic E-state index is 15.3. The van der Waals surface area contributed by atoms with Gasteiger partial charge in [0.2, 0.25) is 0 Å². The Bertz CT molecular complexity index is 1160. The Morgan fingerprint density at radius 1 is 1.15 bits per heavy atom. The van der Waals surface area contributed by atoms with Crippen molar-refractivity contribution in [3.05, 3.63) is 83.2 Å². The SMILES string of the molecule is N[C@H](CF)c1cccc(-c2cc(COc3ccccc3CC(=O)O)cc(NCC3CC3)c2)c1F. The maximum absolute atomic E-state index is 15.3. The second-order valence-electron chi connectivity index (χ2n) is 8.68. The van der Waals surface area contributed by atoms with Gasteiger partial charge in [-0.05, 0) is 54.2 Å². The van der Waals surface area contributed by atoms with Crippen LogP contribution in [0.4, 0.5) is 14.5 Å². The highest BCUT2D eigenvalue weighted by Gasteiger charge is 2.21. The fourth-order valence-corrected chi connectivity index (χ4v) is 3.87. The molecule has 7 heteroatoms. The van der Waals surface area contributed by atoms with Crippen molar-refractivity contribution >= 4 is 11.7 Å². The number of anilines is 1. The number of nitrogens with one attached hydrogen (secondary N) is 1. The van der Waals surface area contributed by atoms with E-state index in [1.807, 2.05) is 18.2 Å². The Hall–Kier alpha value is -3.45. The molecule has 0 heterocycles. The number of hydrogen-bond acceptors (Lipinski definition) is 4. The van der Waals surface area contributed by atoms with Crippen molar-refractivity contribution in [3.8, 4) is 16.9 Å². The van der Waals surface area contributed by atoms with Gasteiger partial charge in [-0.2, -0.15) is 0 Å². The van der Waals surface area contributed by atoms with Crippen LogP contribution in [0.3, 0.4) is 0 Å². The number of aliphatic carboxylic acids is 1. The van der Waals surface area contributed by atoms with Crippen molar-refractivity contribution in [1.29, 1.82) is 0 Å². The van der Waals surface area contributed by atoms with Crippen LogP contribution >= 0.6 is 0 Å². The summed E-state index contributed by atoms with van der Waals surface area (Å²) < 4.78 is 34.3. The predicted molar refractivity (Wildman–Crippen MR) is 128 cm³/mol. The first-order valence-corrected chi connectivity index (χ1v) is 11.3. The van der Waals surface area contributed by atoms with Gasteiger partial charge in [0.25, 0.3) is 0 Å². The molecule has 0 bridgehead atoms. The Morgan fingerprint density at radius 2 is 1.94 bits per heavy atom. The molecule has 0 amide bonds. The molecule has 1 aliphatic carbocycles. The van der Waals surface area contributed by atoms with Crippen LogP contribution in [0.2, 0.25) is 0 Å². The minimum absolute atomic E-state index is 0.136. The lowest BCUT2D eigenvalue weighted by Crippen LogP contribution is -2.14. The van der Waals surface area contributed by atoms with Crippen LogP contribution in [-0.4, -0.2) is 24.3 Å². The first-order valence-electron chi connectivity index (χ1n) is 11.3. The van der Waals surface area contributed by atoms with E-state index in [2.05, 4.69) is 5.32 Å². The highest BCUT2D eigenvalue weighted by Crippen LogP contribution is 2.33. The monoisotopic (exact) mass is 466 g/mol. The summed E-state index contributed by atoms with van der Waals surface area (Å²) in [5.74, 6) is -0.337. The zero-order valence-electron chi connectivity index (χ0n) is 18.8. The van der Waals surface area contributed by atoms with E-state index < -0.39 is 24.5 Å². The third-order valence-corrected chi connectivity index (χ3v) is 5.90. The molecule has 34 heavy (non-hydrogen) atoms. The smallest absolute Gasteiger partial charge is 0.307 e. The number of ether oxygens (including phenoxy) is 1. The predicted octanol–water partition coefficient (Wildman–Crippen LogP) is 5.49. The van der Waals surface area contributed by atoms with E-state index in [9.17, 15) is 9.18 Å². The molecule has 0 aromatic heterocycles. The average Bonchev–Trinajstić information content (AvgIpc) is 3.66. The van der Waals surface area contributed by atoms with Crippen molar-refractivity contribution in [2.75, 3.05) is 18.5 Å². The van der Waals surface area contributed by atoms with Crippen LogP contribution < -0.4 is 15.8 Å². The Balaban J connectivity index is 1.64. The highest BCUT2D eigenvalue weighted by molar-refractivity contribution is 5.72.